The topological polar surface area (TPSA) is 69.2 Å². The van der Waals surface area contributed by atoms with Crippen molar-refractivity contribution in [3.63, 3.8) is 0 Å². The average Bonchev–Trinajstić information content (AvgIpc) is 2.37. The van der Waals surface area contributed by atoms with Crippen molar-refractivity contribution in [2.45, 2.75) is 0 Å². The molecule has 0 saturated carbocycles. The first-order valence-electron chi connectivity index (χ1n) is 5.18. The lowest BCUT2D eigenvalue weighted by molar-refractivity contribution is 0.395. The molecule has 0 unspecified atom stereocenters. The van der Waals surface area contributed by atoms with E-state index in [4.69, 9.17) is 32.7 Å². The lowest BCUT2D eigenvalue weighted by atomic mass is 10.3. The van der Waals surface area contributed by atoms with Crippen LogP contribution in [-0.4, -0.2) is 29.2 Å². The molecule has 0 saturated heterocycles. The first-order chi connectivity index (χ1) is 9.10. The third-order valence-electron chi connectivity index (χ3n) is 2.19. The van der Waals surface area contributed by atoms with Gasteiger partial charge >= 0.3 is 0 Å². The predicted molar refractivity (Wildman–Crippen MR) is 72.7 cm³/mol. The lowest BCUT2D eigenvalue weighted by Gasteiger charge is -2.09. The molecule has 0 fully saturated rings. The first-order valence-corrected chi connectivity index (χ1v) is 5.93. The van der Waals surface area contributed by atoms with Crippen LogP contribution in [0.1, 0.15) is 0 Å². The molecule has 1 N–H and O–H groups in total. The van der Waals surface area contributed by atoms with E-state index in [1.165, 1.54) is 0 Å². The number of aromatic nitrogens is 3. The molecule has 0 radical (unpaired) electrons. The monoisotopic (exact) mass is 300 g/mol. The van der Waals surface area contributed by atoms with E-state index in [1.54, 1.807) is 32.4 Å². The zero-order valence-corrected chi connectivity index (χ0v) is 11.7. The van der Waals surface area contributed by atoms with Gasteiger partial charge in [0, 0.05) is 23.9 Å². The second-order valence-corrected chi connectivity index (χ2v) is 4.10. The van der Waals surface area contributed by atoms with Crippen LogP contribution in [-0.2, 0) is 0 Å². The van der Waals surface area contributed by atoms with Gasteiger partial charge in [0.2, 0.25) is 16.5 Å². The molecule has 1 heterocycles. The highest BCUT2D eigenvalue weighted by Crippen LogP contribution is 2.27. The van der Waals surface area contributed by atoms with E-state index in [2.05, 4.69) is 20.3 Å². The Morgan fingerprint density at radius 3 is 1.89 bits per heavy atom. The molecule has 0 aliphatic heterocycles. The number of nitrogens with zero attached hydrogens (tertiary/aromatic N) is 3. The molecular weight excluding hydrogens is 291 g/mol. The van der Waals surface area contributed by atoms with Gasteiger partial charge in [0.25, 0.3) is 0 Å². The van der Waals surface area contributed by atoms with Crippen molar-refractivity contribution in [1.29, 1.82) is 0 Å². The smallest absolute Gasteiger partial charge is 0.232 e. The summed E-state index contributed by atoms with van der Waals surface area (Å²) in [7, 11) is 3.13. The molecule has 6 nitrogen and oxygen atoms in total. The normalized spacial score (nSPS) is 10.1. The summed E-state index contributed by atoms with van der Waals surface area (Å²) in [4.78, 5) is 11.5. The third-order valence-corrected chi connectivity index (χ3v) is 2.53. The van der Waals surface area contributed by atoms with Crippen LogP contribution in [0.2, 0.25) is 10.6 Å². The molecule has 2 aromatic rings. The molecule has 0 spiro atoms. The zero-order valence-electron chi connectivity index (χ0n) is 10.1. The maximum Gasteiger partial charge on any atom is 0.232 e. The summed E-state index contributed by atoms with van der Waals surface area (Å²) in [6.45, 7) is 0. The van der Waals surface area contributed by atoms with Gasteiger partial charge in [0.05, 0.1) is 14.2 Å². The van der Waals surface area contributed by atoms with Crippen LogP contribution in [0.3, 0.4) is 0 Å². The fourth-order valence-corrected chi connectivity index (χ4v) is 1.75. The van der Waals surface area contributed by atoms with E-state index >= 15 is 0 Å². The zero-order chi connectivity index (χ0) is 13.8. The van der Waals surface area contributed by atoms with Crippen molar-refractivity contribution < 1.29 is 9.47 Å². The Labute approximate surface area is 119 Å². The van der Waals surface area contributed by atoms with Gasteiger partial charge in [-0.2, -0.15) is 15.0 Å². The SMILES string of the molecule is COc1cc(Nc2nc(Cl)nc(Cl)n2)cc(OC)c1. The first kappa shape index (κ1) is 13.6. The molecule has 100 valence electrons. The van der Waals surface area contributed by atoms with Gasteiger partial charge in [-0.1, -0.05) is 0 Å². The van der Waals surface area contributed by atoms with Crippen LogP contribution in [0.15, 0.2) is 18.2 Å². The minimum Gasteiger partial charge on any atom is -0.497 e. The molecule has 2 rings (SSSR count). The highest BCUT2D eigenvalue weighted by molar-refractivity contribution is 6.31. The Balaban J connectivity index is 2.31. The molecular formula is C11H10Cl2N4O2. The average molecular weight is 301 g/mol. The summed E-state index contributed by atoms with van der Waals surface area (Å²) in [5, 5.41) is 2.97. The molecule has 0 atom stereocenters. The van der Waals surface area contributed by atoms with Gasteiger partial charge in [0.15, 0.2) is 0 Å². The van der Waals surface area contributed by atoms with Gasteiger partial charge in [-0.25, -0.2) is 0 Å². The van der Waals surface area contributed by atoms with Crippen molar-refractivity contribution in [1.82, 2.24) is 15.0 Å². The Morgan fingerprint density at radius 1 is 0.895 bits per heavy atom. The van der Waals surface area contributed by atoms with E-state index in [0.29, 0.717) is 17.2 Å². The standard InChI is InChI=1S/C11H10Cl2N4O2/c1-18-7-3-6(4-8(5-7)19-2)14-11-16-9(12)15-10(13)17-11/h3-5H,1-2H3,(H,14,15,16,17). The van der Waals surface area contributed by atoms with Crippen molar-refractivity contribution in [2.75, 3.05) is 19.5 Å². The molecule has 19 heavy (non-hydrogen) atoms. The van der Waals surface area contributed by atoms with E-state index in [9.17, 15) is 0 Å². The van der Waals surface area contributed by atoms with Crippen LogP contribution >= 0.6 is 23.2 Å². The Kier molecular flexibility index (Phi) is 4.24. The van der Waals surface area contributed by atoms with Crippen LogP contribution in [0.5, 0.6) is 11.5 Å². The van der Waals surface area contributed by atoms with E-state index in [0.717, 1.165) is 0 Å². The number of nitrogens with one attached hydrogen (secondary N) is 1. The summed E-state index contributed by atoms with van der Waals surface area (Å²) in [5.41, 5.74) is 0.675. The second-order valence-electron chi connectivity index (χ2n) is 3.42. The summed E-state index contributed by atoms with van der Waals surface area (Å²) in [6.07, 6.45) is 0. The number of halogens is 2. The molecule has 0 bridgehead atoms. The minimum absolute atomic E-state index is 0.0114. The second kappa shape index (κ2) is 5.90. The van der Waals surface area contributed by atoms with E-state index < -0.39 is 0 Å². The van der Waals surface area contributed by atoms with Gasteiger partial charge in [-0.05, 0) is 23.2 Å². The lowest BCUT2D eigenvalue weighted by Crippen LogP contribution is -2.00. The molecule has 1 aromatic carbocycles. The quantitative estimate of drug-likeness (QED) is 0.936. The number of anilines is 2. The highest BCUT2D eigenvalue weighted by Gasteiger charge is 2.06. The fraction of sp³-hybridized carbons (Fsp3) is 0.182. The maximum atomic E-state index is 5.70. The van der Waals surface area contributed by atoms with Gasteiger partial charge in [0.1, 0.15) is 11.5 Å². The number of benzene rings is 1. The summed E-state index contributed by atoms with van der Waals surface area (Å²) >= 11 is 11.4. The predicted octanol–water partition coefficient (Wildman–Crippen LogP) is 2.94. The van der Waals surface area contributed by atoms with Gasteiger partial charge in [-0.3, -0.25) is 0 Å². The Hall–Kier alpha value is -1.79. The van der Waals surface area contributed by atoms with Crippen molar-refractivity contribution in [2.24, 2.45) is 0 Å². The summed E-state index contributed by atoms with van der Waals surface area (Å²) in [5.74, 6) is 1.50. The molecule has 0 aliphatic carbocycles. The van der Waals surface area contributed by atoms with Crippen LogP contribution in [0, 0.1) is 0 Å². The van der Waals surface area contributed by atoms with Gasteiger partial charge in [-0.15, -0.1) is 0 Å². The molecule has 8 heteroatoms. The van der Waals surface area contributed by atoms with Gasteiger partial charge < -0.3 is 14.8 Å². The minimum atomic E-state index is 0.0114. The van der Waals surface area contributed by atoms with Crippen molar-refractivity contribution in [3.05, 3.63) is 28.8 Å². The number of rotatable bonds is 4. The third kappa shape index (κ3) is 3.59. The number of ether oxygens (including phenoxy) is 2. The number of hydrogen-bond donors (Lipinski definition) is 1. The number of hydrogen-bond acceptors (Lipinski definition) is 6. The highest BCUT2D eigenvalue weighted by atomic mass is 35.5. The summed E-state index contributed by atoms with van der Waals surface area (Å²) in [6, 6.07) is 5.26. The fourth-order valence-electron chi connectivity index (χ4n) is 1.39. The molecule has 0 aliphatic rings. The summed E-state index contributed by atoms with van der Waals surface area (Å²) < 4.78 is 10.3. The number of methoxy groups -OCH3 is 2. The van der Waals surface area contributed by atoms with E-state index in [-0.39, 0.29) is 16.5 Å². The van der Waals surface area contributed by atoms with Crippen LogP contribution in [0.25, 0.3) is 0 Å². The van der Waals surface area contributed by atoms with E-state index in [1.807, 2.05) is 0 Å². The Bertz CT molecular complexity index is 552. The van der Waals surface area contributed by atoms with Crippen LogP contribution in [0.4, 0.5) is 11.6 Å². The molecule has 1 aromatic heterocycles. The Morgan fingerprint density at radius 2 is 1.42 bits per heavy atom. The van der Waals surface area contributed by atoms with Crippen molar-refractivity contribution in [3.8, 4) is 11.5 Å². The molecule has 0 amide bonds. The van der Waals surface area contributed by atoms with Crippen molar-refractivity contribution >= 4 is 34.8 Å². The van der Waals surface area contributed by atoms with Crippen LogP contribution < -0.4 is 14.8 Å². The largest absolute Gasteiger partial charge is 0.497 e. The maximum absolute atomic E-state index is 5.70.